The summed E-state index contributed by atoms with van der Waals surface area (Å²) in [7, 11) is 1.83. The Bertz CT molecular complexity index is 558. The maximum absolute atomic E-state index is 12.5. The van der Waals surface area contributed by atoms with Gasteiger partial charge in [0.15, 0.2) is 5.69 Å². The predicted molar refractivity (Wildman–Crippen MR) is 73.1 cm³/mol. The molecule has 1 amide bonds. The van der Waals surface area contributed by atoms with Crippen LogP contribution in [-0.2, 0) is 18.2 Å². The Balaban J connectivity index is 2.41. The van der Waals surface area contributed by atoms with Crippen molar-refractivity contribution in [2.75, 3.05) is 13.1 Å². The van der Waals surface area contributed by atoms with Crippen LogP contribution >= 0.6 is 0 Å². The highest BCUT2D eigenvalue weighted by atomic mass is 16.5. The van der Waals surface area contributed by atoms with E-state index in [1.165, 1.54) is 4.90 Å². The smallest absolute Gasteiger partial charge is 0.275 e. The van der Waals surface area contributed by atoms with Gasteiger partial charge in [-0.15, -0.1) is 0 Å². The van der Waals surface area contributed by atoms with Crippen LogP contribution in [-0.4, -0.2) is 39.8 Å². The Labute approximate surface area is 118 Å². The number of hydrogen-bond acceptors (Lipinski definition) is 4. The van der Waals surface area contributed by atoms with Crippen molar-refractivity contribution in [2.45, 2.75) is 39.4 Å². The van der Waals surface area contributed by atoms with Crippen LogP contribution in [0.15, 0.2) is 0 Å². The third-order valence-electron chi connectivity index (χ3n) is 3.64. The largest absolute Gasteiger partial charge is 0.369 e. The predicted octanol–water partition coefficient (Wildman–Crippen LogP) is 1.43. The summed E-state index contributed by atoms with van der Waals surface area (Å²) in [5.41, 5.74) is 2.38. The molecule has 0 radical (unpaired) electrons. The molecule has 6 nitrogen and oxygen atoms in total. The lowest BCUT2D eigenvalue weighted by Gasteiger charge is -2.26. The molecule has 0 saturated carbocycles. The Morgan fingerprint density at radius 2 is 2.30 bits per heavy atom. The van der Waals surface area contributed by atoms with Gasteiger partial charge >= 0.3 is 0 Å². The van der Waals surface area contributed by atoms with Crippen molar-refractivity contribution in [3.05, 3.63) is 17.0 Å². The van der Waals surface area contributed by atoms with Crippen molar-refractivity contribution < 1.29 is 9.53 Å². The molecule has 0 N–H and O–H groups in total. The van der Waals surface area contributed by atoms with Gasteiger partial charge in [0.05, 0.1) is 24.0 Å². The van der Waals surface area contributed by atoms with Gasteiger partial charge in [-0.25, -0.2) is 0 Å². The number of carbonyl (C=O) groups is 1. The van der Waals surface area contributed by atoms with E-state index in [2.05, 4.69) is 5.10 Å². The summed E-state index contributed by atoms with van der Waals surface area (Å²) in [6.45, 7) is 6.41. The van der Waals surface area contributed by atoms with Crippen molar-refractivity contribution in [3.8, 4) is 6.07 Å². The van der Waals surface area contributed by atoms with Gasteiger partial charge in [-0.2, -0.15) is 10.4 Å². The van der Waals surface area contributed by atoms with E-state index in [1.54, 1.807) is 4.68 Å². The normalized spacial score (nSPS) is 21.1. The van der Waals surface area contributed by atoms with Gasteiger partial charge in [0, 0.05) is 25.6 Å². The van der Waals surface area contributed by atoms with Crippen molar-refractivity contribution in [1.82, 2.24) is 14.7 Å². The van der Waals surface area contributed by atoms with E-state index in [0.717, 1.165) is 11.3 Å². The summed E-state index contributed by atoms with van der Waals surface area (Å²) in [6.07, 6.45) is 0.678. The molecule has 1 aromatic rings. The molecule has 0 fully saturated rings. The van der Waals surface area contributed by atoms with Crippen LogP contribution in [0.3, 0.4) is 0 Å². The highest BCUT2D eigenvalue weighted by Gasteiger charge is 2.32. The molecule has 2 heterocycles. The fourth-order valence-electron chi connectivity index (χ4n) is 2.77. The van der Waals surface area contributed by atoms with Crippen molar-refractivity contribution >= 4 is 5.91 Å². The summed E-state index contributed by atoms with van der Waals surface area (Å²) in [6, 6.07) is 2.02. The molecule has 1 aliphatic rings. The lowest BCUT2D eigenvalue weighted by molar-refractivity contribution is -0.00906. The molecular weight excluding hydrogens is 256 g/mol. The molecule has 2 rings (SSSR count). The third kappa shape index (κ3) is 2.41. The molecule has 0 spiro atoms. The van der Waals surface area contributed by atoms with E-state index in [0.29, 0.717) is 18.7 Å². The Morgan fingerprint density at radius 1 is 1.60 bits per heavy atom. The van der Waals surface area contributed by atoms with Gasteiger partial charge in [0.1, 0.15) is 6.54 Å². The highest BCUT2D eigenvalue weighted by Crippen LogP contribution is 2.32. The summed E-state index contributed by atoms with van der Waals surface area (Å²) in [5.74, 6) is -0.174. The summed E-state index contributed by atoms with van der Waals surface area (Å²) >= 11 is 0. The number of fused-ring (bicyclic) bond motifs is 1. The van der Waals surface area contributed by atoms with E-state index in [4.69, 9.17) is 10.00 Å². The molecule has 6 heteroatoms. The van der Waals surface area contributed by atoms with E-state index in [1.807, 2.05) is 33.9 Å². The van der Waals surface area contributed by atoms with Crippen LogP contribution in [0, 0.1) is 11.3 Å². The van der Waals surface area contributed by atoms with Gasteiger partial charge < -0.3 is 9.64 Å². The van der Waals surface area contributed by atoms with Crippen molar-refractivity contribution in [3.63, 3.8) is 0 Å². The summed E-state index contributed by atoms with van der Waals surface area (Å²) in [4.78, 5) is 14.0. The van der Waals surface area contributed by atoms with Crippen molar-refractivity contribution in [2.24, 2.45) is 7.05 Å². The molecule has 0 saturated heterocycles. The number of nitrogens with zero attached hydrogens (tertiary/aromatic N) is 4. The van der Waals surface area contributed by atoms with Gasteiger partial charge in [0.25, 0.3) is 5.91 Å². The number of aryl methyl sites for hydroxylation is 1. The monoisotopic (exact) mass is 276 g/mol. The molecule has 0 bridgehead atoms. The first-order valence-electron chi connectivity index (χ1n) is 6.87. The molecule has 20 heavy (non-hydrogen) atoms. The molecule has 0 unspecified atom stereocenters. The van der Waals surface area contributed by atoms with Crippen LogP contribution in [0.2, 0.25) is 0 Å². The zero-order valence-corrected chi connectivity index (χ0v) is 12.4. The zero-order valence-electron chi connectivity index (χ0n) is 12.4. The average Bonchev–Trinajstić information content (AvgIpc) is 2.72. The van der Waals surface area contributed by atoms with Crippen molar-refractivity contribution in [1.29, 1.82) is 5.26 Å². The number of nitriles is 1. The van der Waals surface area contributed by atoms with Crippen LogP contribution < -0.4 is 0 Å². The molecule has 108 valence electrons. The van der Waals surface area contributed by atoms with Crippen LogP contribution in [0.4, 0.5) is 0 Å². The number of amides is 1. The molecule has 1 aromatic heterocycles. The minimum Gasteiger partial charge on any atom is -0.369 e. The Hall–Kier alpha value is -1.87. The number of hydrogen-bond donors (Lipinski definition) is 0. The molecular formula is C14H20N4O2. The second-order valence-corrected chi connectivity index (χ2v) is 5.11. The molecule has 0 aliphatic carbocycles. The molecule has 1 aliphatic heterocycles. The SMILES string of the molecule is CCN(CC#N)C(=O)c1nn(C)c2c1C[C@H](C)O[C@@H]2C. The lowest BCUT2D eigenvalue weighted by atomic mass is 9.99. The third-order valence-corrected chi connectivity index (χ3v) is 3.64. The number of rotatable bonds is 3. The van der Waals surface area contributed by atoms with E-state index >= 15 is 0 Å². The fourth-order valence-corrected chi connectivity index (χ4v) is 2.77. The number of ether oxygens (including phenoxy) is 1. The first-order chi connectivity index (χ1) is 9.49. The summed E-state index contributed by atoms with van der Waals surface area (Å²) < 4.78 is 7.50. The van der Waals surface area contributed by atoms with Crippen LogP contribution in [0.1, 0.15) is 48.6 Å². The lowest BCUT2D eigenvalue weighted by Crippen LogP contribution is -2.33. The minimum atomic E-state index is -0.174. The van der Waals surface area contributed by atoms with Crippen LogP contribution in [0.25, 0.3) is 0 Å². The average molecular weight is 276 g/mol. The Kier molecular flexibility index (Phi) is 4.09. The van der Waals surface area contributed by atoms with E-state index in [9.17, 15) is 4.79 Å². The van der Waals surface area contributed by atoms with E-state index in [-0.39, 0.29) is 24.7 Å². The quantitative estimate of drug-likeness (QED) is 0.783. The maximum Gasteiger partial charge on any atom is 0.275 e. The van der Waals surface area contributed by atoms with Gasteiger partial charge in [0.2, 0.25) is 0 Å². The topological polar surface area (TPSA) is 71.2 Å². The van der Waals surface area contributed by atoms with Gasteiger partial charge in [-0.1, -0.05) is 0 Å². The second kappa shape index (κ2) is 5.63. The first-order valence-corrected chi connectivity index (χ1v) is 6.87. The molecule has 2 atom stereocenters. The number of carbonyl (C=O) groups excluding carboxylic acids is 1. The minimum absolute atomic E-state index is 0.0688. The molecule has 0 aromatic carbocycles. The van der Waals surface area contributed by atoms with Gasteiger partial charge in [-0.05, 0) is 20.8 Å². The zero-order chi connectivity index (χ0) is 14.9. The maximum atomic E-state index is 12.5. The van der Waals surface area contributed by atoms with Gasteiger partial charge in [-0.3, -0.25) is 9.48 Å². The Morgan fingerprint density at radius 3 is 2.90 bits per heavy atom. The summed E-state index contributed by atoms with van der Waals surface area (Å²) in [5, 5.41) is 13.2. The first kappa shape index (κ1) is 14.5. The second-order valence-electron chi connectivity index (χ2n) is 5.11. The standard InChI is InChI=1S/C14H20N4O2/c1-5-18(7-6-15)14(19)12-11-8-9(2)20-10(3)13(11)17(4)16-12/h9-10H,5,7-8H2,1-4H3/t9-,10+/m0/s1. The van der Waals surface area contributed by atoms with Crippen LogP contribution in [0.5, 0.6) is 0 Å². The van der Waals surface area contributed by atoms with E-state index < -0.39 is 0 Å². The fraction of sp³-hybridized carbons (Fsp3) is 0.643. The number of aromatic nitrogens is 2. The highest BCUT2D eigenvalue weighted by molar-refractivity contribution is 5.94.